The molecule has 2 heterocycles. The molecular formula is C13H13F3N4O. The highest BCUT2D eigenvalue weighted by Gasteiger charge is 2.32. The number of pyridine rings is 1. The van der Waals surface area contributed by atoms with Crippen molar-refractivity contribution in [3.63, 3.8) is 0 Å². The van der Waals surface area contributed by atoms with E-state index in [1.165, 1.54) is 6.07 Å². The van der Waals surface area contributed by atoms with Gasteiger partial charge in [0, 0.05) is 6.20 Å². The standard InChI is InChI=1S/C13H13F3N4O/c14-13(15,16)9-5-18-20(6-9)11-4-3-10(17)12(19-11)21-7-8-1-2-8/h3-6,8H,1-2,7,17H2. The van der Waals surface area contributed by atoms with E-state index in [4.69, 9.17) is 10.5 Å². The van der Waals surface area contributed by atoms with E-state index in [-0.39, 0.29) is 11.7 Å². The fourth-order valence-corrected chi connectivity index (χ4v) is 1.76. The predicted octanol–water partition coefficient (Wildman–Crippen LogP) is 2.66. The molecule has 0 radical (unpaired) electrons. The lowest BCUT2D eigenvalue weighted by molar-refractivity contribution is -0.137. The van der Waals surface area contributed by atoms with Gasteiger partial charge in [-0.05, 0) is 30.9 Å². The average molecular weight is 298 g/mol. The van der Waals surface area contributed by atoms with E-state index < -0.39 is 11.7 Å². The van der Waals surface area contributed by atoms with Crippen molar-refractivity contribution in [3.05, 3.63) is 30.1 Å². The molecule has 0 spiro atoms. The van der Waals surface area contributed by atoms with Crippen LogP contribution in [0.3, 0.4) is 0 Å². The van der Waals surface area contributed by atoms with Gasteiger partial charge in [0.1, 0.15) is 0 Å². The zero-order valence-corrected chi connectivity index (χ0v) is 11.0. The van der Waals surface area contributed by atoms with E-state index in [0.717, 1.165) is 29.9 Å². The van der Waals surface area contributed by atoms with Crippen LogP contribution < -0.4 is 10.5 Å². The molecule has 0 amide bonds. The molecule has 0 unspecified atom stereocenters. The Kier molecular flexibility index (Phi) is 3.23. The number of anilines is 1. The Morgan fingerprint density at radius 1 is 1.33 bits per heavy atom. The zero-order chi connectivity index (χ0) is 15.0. The zero-order valence-electron chi connectivity index (χ0n) is 11.0. The first-order valence-electron chi connectivity index (χ1n) is 6.45. The highest BCUT2D eigenvalue weighted by Crippen LogP contribution is 2.31. The Hall–Kier alpha value is -2.25. The summed E-state index contributed by atoms with van der Waals surface area (Å²) in [5, 5.41) is 3.67. The van der Waals surface area contributed by atoms with Crippen molar-refractivity contribution in [3.8, 4) is 11.7 Å². The van der Waals surface area contributed by atoms with Crippen LogP contribution in [0.5, 0.6) is 5.88 Å². The van der Waals surface area contributed by atoms with Crippen LogP contribution in [0.25, 0.3) is 5.82 Å². The lowest BCUT2D eigenvalue weighted by atomic mass is 10.3. The number of nitrogens with zero attached hydrogens (tertiary/aromatic N) is 3. The summed E-state index contributed by atoms with van der Waals surface area (Å²) in [4.78, 5) is 4.12. The molecule has 21 heavy (non-hydrogen) atoms. The minimum atomic E-state index is -4.43. The smallest absolute Gasteiger partial charge is 0.419 e. The summed E-state index contributed by atoms with van der Waals surface area (Å²) < 4.78 is 44.2. The molecule has 0 atom stereocenters. The van der Waals surface area contributed by atoms with Gasteiger partial charge in [-0.2, -0.15) is 23.3 Å². The van der Waals surface area contributed by atoms with E-state index >= 15 is 0 Å². The Morgan fingerprint density at radius 3 is 2.71 bits per heavy atom. The Balaban J connectivity index is 1.84. The number of nitrogens with two attached hydrogens (primary N) is 1. The first-order chi connectivity index (χ1) is 9.93. The summed E-state index contributed by atoms with van der Waals surface area (Å²) in [6.07, 6.45) is -0.565. The second-order valence-corrected chi connectivity index (χ2v) is 4.99. The van der Waals surface area contributed by atoms with Crippen LogP contribution in [-0.2, 0) is 6.18 Å². The van der Waals surface area contributed by atoms with Gasteiger partial charge in [0.15, 0.2) is 5.82 Å². The summed E-state index contributed by atoms with van der Waals surface area (Å²) in [7, 11) is 0. The van der Waals surface area contributed by atoms with Gasteiger partial charge in [0.05, 0.1) is 24.1 Å². The SMILES string of the molecule is Nc1ccc(-n2cc(C(F)(F)F)cn2)nc1OCC1CC1. The van der Waals surface area contributed by atoms with Crippen molar-refractivity contribution in [1.82, 2.24) is 14.8 Å². The number of rotatable bonds is 4. The number of hydrogen-bond acceptors (Lipinski definition) is 4. The van der Waals surface area contributed by atoms with Crippen molar-refractivity contribution >= 4 is 5.69 Å². The van der Waals surface area contributed by atoms with Crippen LogP contribution >= 0.6 is 0 Å². The maximum atomic E-state index is 12.6. The molecule has 1 fully saturated rings. The maximum Gasteiger partial charge on any atom is 0.419 e. The third-order valence-electron chi connectivity index (χ3n) is 3.17. The quantitative estimate of drug-likeness (QED) is 0.942. The summed E-state index contributed by atoms with van der Waals surface area (Å²) in [5.74, 6) is 0.977. The molecule has 0 saturated heterocycles. The Labute approximate surface area is 118 Å². The van der Waals surface area contributed by atoms with Crippen molar-refractivity contribution < 1.29 is 17.9 Å². The second kappa shape index (κ2) is 4.94. The lowest BCUT2D eigenvalue weighted by Gasteiger charge is -2.09. The third kappa shape index (κ3) is 3.09. The van der Waals surface area contributed by atoms with Gasteiger partial charge in [-0.1, -0.05) is 0 Å². The first kappa shape index (κ1) is 13.7. The van der Waals surface area contributed by atoms with E-state index in [1.807, 2.05) is 0 Å². The van der Waals surface area contributed by atoms with Crippen LogP contribution in [0.2, 0.25) is 0 Å². The highest BCUT2D eigenvalue weighted by molar-refractivity contribution is 5.50. The summed E-state index contributed by atoms with van der Waals surface area (Å²) in [6.45, 7) is 0.521. The first-order valence-corrected chi connectivity index (χ1v) is 6.45. The fraction of sp³-hybridized carbons (Fsp3) is 0.385. The van der Waals surface area contributed by atoms with Crippen LogP contribution in [0.1, 0.15) is 18.4 Å². The monoisotopic (exact) mass is 298 g/mol. The van der Waals surface area contributed by atoms with Gasteiger partial charge in [0.2, 0.25) is 5.88 Å². The predicted molar refractivity (Wildman–Crippen MR) is 69.0 cm³/mol. The molecule has 3 rings (SSSR count). The summed E-state index contributed by atoms with van der Waals surface area (Å²) in [6, 6.07) is 3.03. The van der Waals surface area contributed by atoms with Crippen LogP contribution in [0.4, 0.5) is 18.9 Å². The fourth-order valence-electron chi connectivity index (χ4n) is 1.76. The molecule has 2 aromatic rings. The normalized spacial score (nSPS) is 15.2. The molecule has 1 aliphatic carbocycles. The van der Waals surface area contributed by atoms with Crippen LogP contribution in [0.15, 0.2) is 24.5 Å². The van der Waals surface area contributed by atoms with Gasteiger partial charge >= 0.3 is 6.18 Å². The lowest BCUT2D eigenvalue weighted by Crippen LogP contribution is -2.07. The molecule has 5 nitrogen and oxygen atoms in total. The summed E-state index contributed by atoms with van der Waals surface area (Å²) >= 11 is 0. The van der Waals surface area contributed by atoms with Gasteiger partial charge < -0.3 is 10.5 Å². The third-order valence-corrected chi connectivity index (χ3v) is 3.17. The highest BCUT2D eigenvalue weighted by atomic mass is 19.4. The summed E-state index contributed by atoms with van der Waals surface area (Å²) in [5.41, 5.74) is 5.27. The molecule has 8 heteroatoms. The van der Waals surface area contributed by atoms with Crippen molar-refractivity contribution in [2.24, 2.45) is 5.92 Å². The van der Waals surface area contributed by atoms with E-state index in [2.05, 4.69) is 10.1 Å². The van der Waals surface area contributed by atoms with E-state index in [0.29, 0.717) is 18.2 Å². The largest absolute Gasteiger partial charge is 0.476 e. The van der Waals surface area contributed by atoms with Crippen molar-refractivity contribution in [2.45, 2.75) is 19.0 Å². The Bertz CT molecular complexity index is 649. The molecule has 0 aliphatic heterocycles. The maximum absolute atomic E-state index is 12.6. The van der Waals surface area contributed by atoms with E-state index in [1.54, 1.807) is 6.07 Å². The van der Waals surface area contributed by atoms with Crippen molar-refractivity contribution in [1.29, 1.82) is 0 Å². The molecule has 2 N–H and O–H groups in total. The van der Waals surface area contributed by atoms with E-state index in [9.17, 15) is 13.2 Å². The van der Waals surface area contributed by atoms with Crippen molar-refractivity contribution in [2.75, 3.05) is 12.3 Å². The molecule has 112 valence electrons. The Morgan fingerprint density at radius 2 is 2.10 bits per heavy atom. The van der Waals surface area contributed by atoms with Crippen LogP contribution in [0, 0.1) is 5.92 Å². The number of aromatic nitrogens is 3. The molecule has 1 saturated carbocycles. The average Bonchev–Trinajstić information content (AvgIpc) is 3.10. The number of alkyl halides is 3. The number of ether oxygens (including phenoxy) is 1. The molecule has 1 aliphatic rings. The number of halogens is 3. The topological polar surface area (TPSA) is 66.0 Å². The molecule has 2 aromatic heterocycles. The van der Waals surface area contributed by atoms with Gasteiger partial charge in [0.25, 0.3) is 0 Å². The van der Waals surface area contributed by atoms with Gasteiger partial charge in [-0.15, -0.1) is 0 Å². The number of hydrogen-bond donors (Lipinski definition) is 1. The van der Waals surface area contributed by atoms with Crippen LogP contribution in [-0.4, -0.2) is 21.4 Å². The molecule has 0 bridgehead atoms. The minimum absolute atomic E-state index is 0.225. The molecule has 0 aromatic carbocycles. The second-order valence-electron chi connectivity index (χ2n) is 4.99. The molecular weight excluding hydrogens is 285 g/mol. The van der Waals surface area contributed by atoms with Gasteiger partial charge in [-0.3, -0.25) is 0 Å². The number of nitrogen functional groups attached to an aromatic ring is 1. The minimum Gasteiger partial charge on any atom is -0.476 e. The van der Waals surface area contributed by atoms with Gasteiger partial charge in [-0.25, -0.2) is 4.68 Å².